The minimum atomic E-state index is 0.110. The lowest BCUT2D eigenvalue weighted by Crippen LogP contribution is -2.50. The monoisotopic (exact) mass is 551 g/mol. The quantitative estimate of drug-likeness (QED) is 0.366. The maximum absolute atomic E-state index is 3.99. The molecule has 0 saturated carbocycles. The SMILES string of the molecule is CC.CCC1CC(C)(CC)c2cccc(C)c2C(C)Nc2cc3c(cc2C)C(C)(C)C(C)(C)C31C.CP(C)C. The fourth-order valence-electron chi connectivity index (χ4n) is 7.70. The number of hydrogen-bond acceptors (Lipinski definition) is 1. The summed E-state index contributed by atoms with van der Waals surface area (Å²) in [6.45, 7) is 37.7. The zero-order chi connectivity index (χ0) is 30.1. The maximum atomic E-state index is 3.99. The Kier molecular flexibility index (Phi) is 10.7. The minimum Gasteiger partial charge on any atom is -0.378 e. The highest BCUT2D eigenvalue weighted by Gasteiger charge is 2.62. The Hall–Kier alpha value is -1.33. The van der Waals surface area contributed by atoms with E-state index in [1.807, 2.05) is 13.8 Å². The van der Waals surface area contributed by atoms with E-state index >= 15 is 0 Å². The lowest BCUT2D eigenvalue weighted by molar-refractivity contribution is 0.0447. The third-order valence-corrected chi connectivity index (χ3v) is 11.0. The van der Waals surface area contributed by atoms with Gasteiger partial charge >= 0.3 is 0 Å². The van der Waals surface area contributed by atoms with Gasteiger partial charge in [-0.25, -0.2) is 0 Å². The molecule has 4 unspecified atom stereocenters. The summed E-state index contributed by atoms with van der Waals surface area (Å²) in [7, 11) is 0.380. The van der Waals surface area contributed by atoms with Crippen LogP contribution in [0.4, 0.5) is 5.69 Å². The Morgan fingerprint density at radius 1 is 0.846 bits per heavy atom. The fraction of sp³-hybridized carbons (Fsp3) is 0.676. The van der Waals surface area contributed by atoms with Gasteiger partial charge in [-0.3, -0.25) is 0 Å². The van der Waals surface area contributed by atoms with Crippen molar-refractivity contribution < 1.29 is 0 Å². The summed E-state index contributed by atoms with van der Waals surface area (Å²) in [4.78, 5) is 0. The molecule has 4 atom stereocenters. The van der Waals surface area contributed by atoms with Crippen molar-refractivity contribution in [2.45, 2.75) is 132 Å². The van der Waals surface area contributed by atoms with Crippen molar-refractivity contribution in [2.24, 2.45) is 11.3 Å². The van der Waals surface area contributed by atoms with Gasteiger partial charge in [-0.1, -0.05) is 99.9 Å². The van der Waals surface area contributed by atoms with Crippen LogP contribution in [-0.2, 0) is 16.2 Å². The van der Waals surface area contributed by atoms with Crippen molar-refractivity contribution in [3.63, 3.8) is 0 Å². The number of anilines is 1. The predicted molar refractivity (Wildman–Crippen MR) is 181 cm³/mol. The van der Waals surface area contributed by atoms with Crippen LogP contribution in [-0.4, -0.2) is 20.0 Å². The van der Waals surface area contributed by atoms with Crippen LogP contribution < -0.4 is 5.32 Å². The number of aryl methyl sites for hydroxylation is 2. The van der Waals surface area contributed by atoms with E-state index in [4.69, 9.17) is 0 Å². The average molecular weight is 552 g/mol. The summed E-state index contributed by atoms with van der Waals surface area (Å²) in [6, 6.07) is 12.3. The lowest BCUT2D eigenvalue weighted by Gasteiger charge is -2.52. The Labute approximate surface area is 245 Å². The van der Waals surface area contributed by atoms with E-state index in [-0.39, 0.29) is 27.7 Å². The summed E-state index contributed by atoms with van der Waals surface area (Å²) >= 11 is 0. The molecule has 2 aliphatic rings. The number of rotatable bonds is 2. The van der Waals surface area contributed by atoms with Crippen LogP contribution in [0.3, 0.4) is 0 Å². The number of fused-ring (bicyclic) bond motifs is 2. The van der Waals surface area contributed by atoms with E-state index in [0.29, 0.717) is 13.8 Å². The largest absolute Gasteiger partial charge is 0.378 e. The van der Waals surface area contributed by atoms with Gasteiger partial charge in [-0.2, -0.15) is 0 Å². The molecule has 0 radical (unpaired) electrons. The smallest absolute Gasteiger partial charge is 0.0491 e. The first-order chi connectivity index (χ1) is 18.0. The van der Waals surface area contributed by atoms with Crippen molar-refractivity contribution in [3.8, 4) is 0 Å². The first kappa shape index (κ1) is 33.9. The molecule has 2 heteroatoms. The maximum Gasteiger partial charge on any atom is 0.0491 e. The van der Waals surface area contributed by atoms with Crippen LogP contribution in [0.25, 0.3) is 0 Å². The summed E-state index contributed by atoms with van der Waals surface area (Å²) in [6.07, 6.45) is 3.59. The molecule has 1 N–H and O–H groups in total. The van der Waals surface area contributed by atoms with E-state index in [0.717, 1.165) is 6.42 Å². The standard InChI is InChI=1S/C32H47N.C3H9P.C2H6/c1-12-23-19-31(10,13-2)24-16-14-15-20(3)28(24)22(5)33-27-18-26-25(17-21(27)4)29(6,7)30(8,9)32(23,26)11;1-4(2)3;1-2/h14-18,22-23,33H,12-13,19H2,1-11H3;1-3H3;1-2H3. The van der Waals surface area contributed by atoms with E-state index in [2.05, 4.69) is 132 Å². The van der Waals surface area contributed by atoms with Gasteiger partial charge in [0.15, 0.2) is 0 Å². The van der Waals surface area contributed by atoms with Crippen molar-refractivity contribution >= 4 is 13.6 Å². The highest BCUT2D eigenvalue weighted by molar-refractivity contribution is 7.55. The fourth-order valence-corrected chi connectivity index (χ4v) is 7.70. The van der Waals surface area contributed by atoms with E-state index < -0.39 is 0 Å². The van der Waals surface area contributed by atoms with Crippen molar-refractivity contribution in [2.75, 3.05) is 25.3 Å². The van der Waals surface area contributed by atoms with Gasteiger partial charge < -0.3 is 5.32 Å². The Bertz CT molecular complexity index is 1120. The Morgan fingerprint density at radius 3 is 1.92 bits per heavy atom. The zero-order valence-electron chi connectivity index (χ0n) is 28.6. The second-order valence-corrected chi connectivity index (χ2v) is 16.8. The summed E-state index contributed by atoms with van der Waals surface area (Å²) in [5.74, 6) is 0.607. The van der Waals surface area contributed by atoms with Crippen molar-refractivity contribution in [1.82, 2.24) is 0 Å². The Balaban J connectivity index is 0.000000815. The lowest BCUT2D eigenvalue weighted by atomic mass is 9.51. The van der Waals surface area contributed by atoms with Gasteiger partial charge in [-0.15, -0.1) is 7.92 Å². The summed E-state index contributed by atoms with van der Waals surface area (Å²) in [5.41, 5.74) is 10.8. The van der Waals surface area contributed by atoms with Gasteiger partial charge in [-0.05, 0) is 115 Å². The van der Waals surface area contributed by atoms with Crippen LogP contribution >= 0.6 is 7.92 Å². The van der Waals surface area contributed by atoms with Crippen LogP contribution in [0.15, 0.2) is 30.3 Å². The van der Waals surface area contributed by atoms with Crippen LogP contribution in [0.2, 0.25) is 0 Å². The number of nitrogens with one attached hydrogen (secondary N) is 1. The van der Waals surface area contributed by atoms with Gasteiger partial charge in [0.1, 0.15) is 0 Å². The average Bonchev–Trinajstić information content (AvgIpc) is 2.97. The predicted octanol–water partition coefficient (Wildman–Crippen LogP) is 11.5. The number of hydrogen-bond donors (Lipinski definition) is 1. The van der Waals surface area contributed by atoms with Crippen molar-refractivity contribution in [1.29, 1.82) is 0 Å². The molecular formula is C37H62NP. The molecule has 2 aromatic carbocycles. The van der Waals surface area contributed by atoms with Crippen LogP contribution in [0.5, 0.6) is 0 Å². The molecule has 0 aromatic heterocycles. The molecule has 1 aliphatic heterocycles. The van der Waals surface area contributed by atoms with Gasteiger partial charge in [0, 0.05) is 17.1 Å². The zero-order valence-corrected chi connectivity index (χ0v) is 29.5. The highest BCUT2D eigenvalue weighted by atomic mass is 31.1. The van der Waals surface area contributed by atoms with E-state index in [9.17, 15) is 0 Å². The molecule has 0 fully saturated rings. The van der Waals surface area contributed by atoms with Gasteiger partial charge in [0.2, 0.25) is 0 Å². The first-order valence-corrected chi connectivity index (χ1v) is 18.3. The number of benzene rings is 2. The molecule has 1 nitrogen and oxygen atoms in total. The minimum absolute atomic E-state index is 0.110. The van der Waals surface area contributed by atoms with Gasteiger partial charge in [0.05, 0.1) is 0 Å². The van der Waals surface area contributed by atoms with E-state index in [1.165, 1.54) is 35.2 Å². The van der Waals surface area contributed by atoms with Gasteiger partial charge in [0.25, 0.3) is 0 Å². The summed E-state index contributed by atoms with van der Waals surface area (Å²) in [5, 5.41) is 3.99. The second kappa shape index (κ2) is 12.3. The summed E-state index contributed by atoms with van der Waals surface area (Å²) < 4.78 is 0. The van der Waals surface area contributed by atoms with Crippen LogP contribution in [0.1, 0.15) is 135 Å². The van der Waals surface area contributed by atoms with E-state index in [1.54, 1.807) is 16.7 Å². The molecule has 2 aromatic rings. The molecule has 0 amide bonds. The molecule has 39 heavy (non-hydrogen) atoms. The topological polar surface area (TPSA) is 12.0 Å². The van der Waals surface area contributed by atoms with Crippen molar-refractivity contribution in [3.05, 3.63) is 63.7 Å². The highest BCUT2D eigenvalue weighted by Crippen LogP contribution is 2.66. The molecule has 4 rings (SSSR count). The molecule has 1 heterocycles. The molecule has 1 aliphatic carbocycles. The first-order valence-electron chi connectivity index (χ1n) is 15.6. The molecular weight excluding hydrogens is 489 g/mol. The molecule has 0 spiro atoms. The normalized spacial score (nSPS) is 28.1. The second-order valence-electron chi connectivity index (χ2n) is 14.1. The molecule has 0 saturated heterocycles. The molecule has 2 bridgehead atoms. The Morgan fingerprint density at radius 2 is 1.41 bits per heavy atom. The van der Waals surface area contributed by atoms with Crippen LogP contribution in [0, 0.1) is 25.2 Å². The third kappa shape index (κ3) is 5.61. The third-order valence-electron chi connectivity index (χ3n) is 11.0. The molecule has 220 valence electrons.